The summed E-state index contributed by atoms with van der Waals surface area (Å²) in [6, 6.07) is 2.42. The molecule has 2 saturated heterocycles. The van der Waals surface area contributed by atoms with Gasteiger partial charge in [0.2, 0.25) is 11.8 Å². The summed E-state index contributed by atoms with van der Waals surface area (Å²) < 4.78 is 19.7. The van der Waals surface area contributed by atoms with Crippen molar-refractivity contribution in [2.24, 2.45) is 17.8 Å². The molecule has 5 atom stereocenters. The van der Waals surface area contributed by atoms with Crippen molar-refractivity contribution in [3.8, 4) is 5.75 Å². The number of aliphatic hydroxyl groups excluding tert-OH is 1. The Bertz CT molecular complexity index is 1250. The molecule has 198 valence electrons. The largest absolute Gasteiger partial charge is 0.496 e. The molecule has 0 bridgehead atoms. The highest BCUT2D eigenvalue weighted by Gasteiger charge is 2.50. The molecule has 5 rings (SSSR count). The summed E-state index contributed by atoms with van der Waals surface area (Å²) in [4.78, 5) is 56.2. The van der Waals surface area contributed by atoms with E-state index in [-0.39, 0.29) is 35.4 Å². The lowest BCUT2D eigenvalue weighted by molar-refractivity contribution is -0.133. The maximum Gasteiger partial charge on any atom is 0.271 e. The van der Waals surface area contributed by atoms with E-state index in [0.29, 0.717) is 30.6 Å². The number of aromatic amines is 1. The molecule has 2 aliphatic heterocycles. The zero-order valence-corrected chi connectivity index (χ0v) is 20.6. The van der Waals surface area contributed by atoms with Gasteiger partial charge in [-0.15, -0.1) is 0 Å². The Hall–Kier alpha value is -3.47. The summed E-state index contributed by atoms with van der Waals surface area (Å²) in [6.45, 7) is 0.114. The SMILES string of the molecule is COc1ccc(F)c2[nH]c(C(=O)N3C[C@@H]4CCC[C@@H]4[C@H]3C(=O)N[C@@H](C[C@@H]3CCNC3=O)C(=O)CO)cc12. The molecule has 0 unspecified atom stereocenters. The molecule has 0 radical (unpaired) electrons. The van der Waals surface area contributed by atoms with Crippen molar-refractivity contribution in [2.45, 2.75) is 44.2 Å². The first-order chi connectivity index (χ1) is 17.8. The number of carbonyl (C=O) groups is 4. The van der Waals surface area contributed by atoms with E-state index in [2.05, 4.69) is 15.6 Å². The fourth-order valence-corrected chi connectivity index (χ4v) is 6.25. The second-order valence-corrected chi connectivity index (χ2v) is 10.2. The van der Waals surface area contributed by atoms with Crippen LogP contribution in [0.5, 0.6) is 5.75 Å². The molecule has 3 heterocycles. The monoisotopic (exact) mass is 514 g/mol. The molecular formula is C26H31FN4O6. The Balaban J connectivity index is 1.41. The standard InChI is InChI=1S/C26H31FN4O6/c1-37-21-6-5-17(27)22-16(21)10-19(29-22)26(36)31-11-14-3-2-4-15(14)23(31)25(35)30-18(20(33)12-32)9-13-7-8-28-24(13)34/h5-6,10,13-15,18,23,29,32H,2-4,7-9,11-12H2,1H3,(H,28,34)(H,30,35)/t13-,14-,15-,18-,23-/m0/s1. The number of fused-ring (bicyclic) bond motifs is 2. The van der Waals surface area contributed by atoms with Gasteiger partial charge in [0.1, 0.15) is 29.9 Å². The zero-order valence-electron chi connectivity index (χ0n) is 20.6. The first kappa shape index (κ1) is 25.2. The number of aromatic nitrogens is 1. The number of hydrogen-bond donors (Lipinski definition) is 4. The van der Waals surface area contributed by atoms with E-state index in [0.717, 1.165) is 19.3 Å². The minimum absolute atomic E-state index is 0.0701. The third kappa shape index (κ3) is 4.56. The highest BCUT2D eigenvalue weighted by atomic mass is 19.1. The first-order valence-electron chi connectivity index (χ1n) is 12.7. The predicted molar refractivity (Wildman–Crippen MR) is 130 cm³/mol. The molecule has 0 spiro atoms. The van der Waals surface area contributed by atoms with Crippen LogP contribution in [-0.2, 0) is 14.4 Å². The molecule has 3 amide bonds. The Labute approximate surface area is 212 Å². The fourth-order valence-electron chi connectivity index (χ4n) is 6.25. The van der Waals surface area contributed by atoms with E-state index in [1.165, 1.54) is 30.2 Å². The van der Waals surface area contributed by atoms with E-state index in [1.54, 1.807) is 0 Å². The van der Waals surface area contributed by atoms with Gasteiger partial charge in [-0.25, -0.2) is 4.39 Å². The highest BCUT2D eigenvalue weighted by molar-refractivity contribution is 6.02. The molecule has 10 nitrogen and oxygen atoms in total. The summed E-state index contributed by atoms with van der Waals surface area (Å²) in [6.07, 6.45) is 3.23. The van der Waals surface area contributed by atoms with Gasteiger partial charge in [-0.05, 0) is 55.7 Å². The number of carbonyl (C=O) groups excluding carboxylic acids is 4. The normalized spacial score (nSPS) is 25.7. The number of rotatable bonds is 8. The lowest BCUT2D eigenvalue weighted by Gasteiger charge is -2.29. The number of aliphatic hydroxyl groups is 1. The van der Waals surface area contributed by atoms with Crippen molar-refractivity contribution in [2.75, 3.05) is 26.8 Å². The van der Waals surface area contributed by atoms with Gasteiger partial charge in [0, 0.05) is 24.4 Å². The van der Waals surface area contributed by atoms with Crippen LogP contribution < -0.4 is 15.4 Å². The van der Waals surface area contributed by atoms with Gasteiger partial charge in [0.05, 0.1) is 18.7 Å². The third-order valence-electron chi connectivity index (χ3n) is 8.12. The van der Waals surface area contributed by atoms with Crippen molar-refractivity contribution < 1.29 is 33.4 Å². The number of Topliss-reactive ketones (excluding diaryl/α,β-unsaturated/α-hetero) is 1. The van der Waals surface area contributed by atoms with Crippen LogP contribution >= 0.6 is 0 Å². The molecule has 1 saturated carbocycles. The second kappa shape index (κ2) is 10.1. The Morgan fingerprint density at radius 3 is 2.78 bits per heavy atom. The zero-order chi connectivity index (χ0) is 26.3. The van der Waals surface area contributed by atoms with E-state index < -0.39 is 48.0 Å². The molecule has 3 fully saturated rings. The number of nitrogens with one attached hydrogen (secondary N) is 3. The molecular weight excluding hydrogens is 483 g/mol. The quantitative estimate of drug-likeness (QED) is 0.416. The number of halogens is 1. The van der Waals surface area contributed by atoms with Gasteiger partial charge in [-0.2, -0.15) is 0 Å². The lowest BCUT2D eigenvalue weighted by Crippen LogP contribution is -2.53. The average Bonchev–Trinajstić information content (AvgIpc) is 3.67. The smallest absolute Gasteiger partial charge is 0.271 e. The maximum absolute atomic E-state index is 14.4. The number of methoxy groups -OCH3 is 1. The average molecular weight is 515 g/mol. The Morgan fingerprint density at radius 1 is 1.27 bits per heavy atom. The van der Waals surface area contributed by atoms with Gasteiger partial charge in [0.25, 0.3) is 5.91 Å². The van der Waals surface area contributed by atoms with Crippen LogP contribution in [0.25, 0.3) is 10.9 Å². The maximum atomic E-state index is 14.4. The summed E-state index contributed by atoms with van der Waals surface area (Å²) in [5.74, 6) is -2.14. The number of amides is 3. The Morgan fingerprint density at radius 2 is 2.08 bits per heavy atom. The van der Waals surface area contributed by atoms with Crippen LogP contribution in [0.15, 0.2) is 18.2 Å². The number of benzene rings is 1. The second-order valence-electron chi connectivity index (χ2n) is 10.2. The Kier molecular flexibility index (Phi) is 6.89. The predicted octanol–water partition coefficient (Wildman–Crippen LogP) is 1.13. The molecule has 37 heavy (non-hydrogen) atoms. The van der Waals surface area contributed by atoms with E-state index in [9.17, 15) is 28.7 Å². The summed E-state index contributed by atoms with van der Waals surface area (Å²) in [7, 11) is 1.46. The van der Waals surface area contributed by atoms with Crippen LogP contribution in [-0.4, -0.2) is 77.4 Å². The summed E-state index contributed by atoms with van der Waals surface area (Å²) in [5.41, 5.74) is 0.285. The molecule has 4 N–H and O–H groups in total. The van der Waals surface area contributed by atoms with Gasteiger partial charge in [-0.1, -0.05) is 6.42 Å². The number of ketones is 1. The number of ether oxygens (including phenoxy) is 1. The van der Waals surface area contributed by atoms with Gasteiger partial charge in [0.15, 0.2) is 5.78 Å². The van der Waals surface area contributed by atoms with Crippen LogP contribution in [0.3, 0.4) is 0 Å². The van der Waals surface area contributed by atoms with Crippen LogP contribution in [0.1, 0.15) is 42.6 Å². The van der Waals surface area contributed by atoms with Gasteiger partial charge >= 0.3 is 0 Å². The van der Waals surface area contributed by atoms with Crippen molar-refractivity contribution in [3.63, 3.8) is 0 Å². The first-order valence-corrected chi connectivity index (χ1v) is 12.7. The molecule has 11 heteroatoms. The summed E-state index contributed by atoms with van der Waals surface area (Å²) in [5, 5.41) is 15.4. The number of H-pyrrole nitrogens is 1. The molecule has 1 aliphatic carbocycles. The van der Waals surface area contributed by atoms with Crippen molar-refractivity contribution in [1.82, 2.24) is 20.5 Å². The van der Waals surface area contributed by atoms with Crippen molar-refractivity contribution in [1.29, 1.82) is 0 Å². The fraction of sp³-hybridized carbons (Fsp3) is 0.538. The van der Waals surface area contributed by atoms with E-state index in [4.69, 9.17) is 4.74 Å². The topological polar surface area (TPSA) is 141 Å². The summed E-state index contributed by atoms with van der Waals surface area (Å²) >= 11 is 0. The lowest BCUT2D eigenvalue weighted by atomic mass is 9.92. The van der Waals surface area contributed by atoms with E-state index in [1.807, 2.05) is 0 Å². The minimum Gasteiger partial charge on any atom is -0.496 e. The number of hydrogen-bond acceptors (Lipinski definition) is 6. The number of likely N-dealkylation sites (tertiary alicyclic amines) is 1. The molecule has 1 aromatic heterocycles. The molecule has 3 aliphatic rings. The van der Waals surface area contributed by atoms with Crippen LogP contribution in [0.2, 0.25) is 0 Å². The van der Waals surface area contributed by atoms with Crippen LogP contribution in [0.4, 0.5) is 4.39 Å². The highest BCUT2D eigenvalue weighted by Crippen LogP contribution is 2.43. The third-order valence-corrected chi connectivity index (χ3v) is 8.12. The van der Waals surface area contributed by atoms with Crippen molar-refractivity contribution >= 4 is 34.4 Å². The molecule has 1 aromatic carbocycles. The number of nitrogens with zero attached hydrogens (tertiary/aromatic N) is 1. The van der Waals surface area contributed by atoms with Gasteiger partial charge in [-0.3, -0.25) is 19.2 Å². The molecule has 2 aromatic rings. The van der Waals surface area contributed by atoms with Crippen molar-refractivity contribution in [3.05, 3.63) is 29.7 Å². The minimum atomic E-state index is -1.03. The van der Waals surface area contributed by atoms with Gasteiger partial charge < -0.3 is 30.4 Å². The van der Waals surface area contributed by atoms with Crippen LogP contribution in [0, 0.1) is 23.6 Å². The van der Waals surface area contributed by atoms with E-state index >= 15 is 0 Å².